The average molecular weight is 298 g/mol. The fraction of sp³-hybridized carbons (Fsp3) is 0.0588. The van der Waals surface area contributed by atoms with Gasteiger partial charge in [-0.15, -0.1) is 0 Å². The van der Waals surface area contributed by atoms with Gasteiger partial charge in [0.25, 0.3) is 0 Å². The Morgan fingerprint density at radius 3 is 2.52 bits per heavy atom. The van der Waals surface area contributed by atoms with Crippen LogP contribution in [0.2, 0.25) is 5.02 Å². The molecule has 0 aliphatic rings. The largest absolute Gasteiger partial charge is 0.422 e. The second-order valence-corrected chi connectivity index (χ2v) is 5.08. The highest BCUT2D eigenvalue weighted by Crippen LogP contribution is 2.31. The highest BCUT2D eigenvalue weighted by molar-refractivity contribution is 6.35. The van der Waals surface area contributed by atoms with Crippen molar-refractivity contribution in [2.45, 2.75) is 6.92 Å². The SMILES string of the molecule is Cc1ccc(C(=O)Oc2ccc(Cl)c3ccccc23)cn1. The van der Waals surface area contributed by atoms with E-state index in [0.29, 0.717) is 16.3 Å². The Hall–Kier alpha value is -2.39. The Bertz CT molecular complexity index is 813. The fourth-order valence-corrected chi connectivity index (χ4v) is 2.30. The minimum absolute atomic E-state index is 0.416. The standard InChI is InChI=1S/C17H12ClNO2/c1-11-6-7-12(10-19-11)17(20)21-16-9-8-15(18)13-4-2-3-5-14(13)16/h2-10H,1H3. The van der Waals surface area contributed by atoms with Crippen molar-refractivity contribution in [1.82, 2.24) is 4.98 Å². The summed E-state index contributed by atoms with van der Waals surface area (Å²) in [5.74, 6) is 0.0514. The van der Waals surface area contributed by atoms with Gasteiger partial charge in [-0.25, -0.2) is 4.79 Å². The van der Waals surface area contributed by atoms with E-state index in [4.69, 9.17) is 16.3 Å². The number of ether oxygens (including phenoxy) is 1. The summed E-state index contributed by atoms with van der Waals surface area (Å²) in [6.45, 7) is 1.86. The molecule has 1 heterocycles. The summed E-state index contributed by atoms with van der Waals surface area (Å²) in [5.41, 5.74) is 1.27. The van der Waals surface area contributed by atoms with E-state index in [1.54, 1.807) is 24.3 Å². The molecule has 3 rings (SSSR count). The highest BCUT2D eigenvalue weighted by atomic mass is 35.5. The van der Waals surface area contributed by atoms with Crippen LogP contribution in [0.15, 0.2) is 54.7 Å². The van der Waals surface area contributed by atoms with E-state index >= 15 is 0 Å². The van der Waals surface area contributed by atoms with E-state index in [1.807, 2.05) is 31.2 Å². The van der Waals surface area contributed by atoms with E-state index < -0.39 is 5.97 Å². The zero-order valence-electron chi connectivity index (χ0n) is 11.3. The van der Waals surface area contributed by atoms with E-state index in [-0.39, 0.29) is 0 Å². The molecule has 0 atom stereocenters. The second kappa shape index (κ2) is 5.54. The summed E-state index contributed by atoms with van der Waals surface area (Å²) < 4.78 is 5.47. The molecule has 0 aliphatic heterocycles. The van der Waals surface area contributed by atoms with Gasteiger partial charge in [-0.3, -0.25) is 4.98 Å². The van der Waals surface area contributed by atoms with Gasteiger partial charge in [0, 0.05) is 27.7 Å². The molecule has 3 nitrogen and oxygen atoms in total. The lowest BCUT2D eigenvalue weighted by atomic mass is 10.1. The van der Waals surface area contributed by atoms with Gasteiger partial charge >= 0.3 is 5.97 Å². The predicted octanol–water partition coefficient (Wildman–Crippen LogP) is 4.42. The van der Waals surface area contributed by atoms with Crippen molar-refractivity contribution in [3.05, 3.63) is 71.0 Å². The van der Waals surface area contributed by atoms with Gasteiger partial charge < -0.3 is 4.74 Å². The molecule has 1 aromatic heterocycles. The highest BCUT2D eigenvalue weighted by Gasteiger charge is 2.12. The van der Waals surface area contributed by atoms with Crippen molar-refractivity contribution in [2.75, 3.05) is 0 Å². The number of nitrogens with zero attached hydrogens (tertiary/aromatic N) is 1. The van der Waals surface area contributed by atoms with Crippen molar-refractivity contribution in [2.24, 2.45) is 0 Å². The quantitative estimate of drug-likeness (QED) is 0.519. The van der Waals surface area contributed by atoms with Crippen molar-refractivity contribution >= 4 is 28.3 Å². The number of esters is 1. The van der Waals surface area contributed by atoms with Gasteiger partial charge in [0.2, 0.25) is 0 Å². The van der Waals surface area contributed by atoms with Gasteiger partial charge in [0.15, 0.2) is 0 Å². The Morgan fingerprint density at radius 2 is 1.81 bits per heavy atom. The van der Waals surface area contributed by atoms with E-state index in [1.165, 1.54) is 6.20 Å². The molecule has 3 aromatic rings. The summed E-state index contributed by atoms with van der Waals surface area (Å²) >= 11 is 6.15. The third kappa shape index (κ3) is 2.73. The molecule has 0 radical (unpaired) electrons. The molecule has 0 amide bonds. The molecule has 2 aromatic carbocycles. The van der Waals surface area contributed by atoms with Gasteiger partial charge in [-0.2, -0.15) is 0 Å². The third-order valence-electron chi connectivity index (χ3n) is 3.18. The van der Waals surface area contributed by atoms with E-state index in [9.17, 15) is 4.79 Å². The summed E-state index contributed by atoms with van der Waals surface area (Å²) in [6.07, 6.45) is 1.51. The predicted molar refractivity (Wildman–Crippen MR) is 82.9 cm³/mol. The number of halogens is 1. The molecular weight excluding hydrogens is 286 g/mol. The summed E-state index contributed by atoms with van der Waals surface area (Å²) in [4.78, 5) is 16.3. The molecule has 0 aliphatic carbocycles. The maximum Gasteiger partial charge on any atom is 0.345 e. The number of carbonyl (C=O) groups is 1. The number of rotatable bonds is 2. The topological polar surface area (TPSA) is 39.2 Å². The first-order valence-electron chi connectivity index (χ1n) is 6.47. The molecule has 0 unspecified atom stereocenters. The van der Waals surface area contributed by atoms with Gasteiger partial charge in [0.1, 0.15) is 5.75 Å². The van der Waals surface area contributed by atoms with Crippen LogP contribution in [0, 0.1) is 6.92 Å². The van der Waals surface area contributed by atoms with Crippen LogP contribution >= 0.6 is 11.6 Å². The zero-order chi connectivity index (χ0) is 14.8. The smallest absolute Gasteiger partial charge is 0.345 e. The molecular formula is C17H12ClNO2. The molecule has 0 fully saturated rings. The van der Waals surface area contributed by atoms with Crippen molar-refractivity contribution in [3.8, 4) is 5.75 Å². The lowest BCUT2D eigenvalue weighted by Gasteiger charge is -2.09. The summed E-state index contributed by atoms with van der Waals surface area (Å²) in [7, 11) is 0. The van der Waals surface area contributed by atoms with Crippen LogP contribution in [-0.4, -0.2) is 11.0 Å². The molecule has 0 saturated heterocycles. The lowest BCUT2D eigenvalue weighted by molar-refractivity contribution is 0.0736. The maximum atomic E-state index is 12.2. The van der Waals surface area contributed by atoms with Crippen LogP contribution in [0.4, 0.5) is 0 Å². The number of hydrogen-bond acceptors (Lipinski definition) is 3. The van der Waals surface area contributed by atoms with Crippen LogP contribution in [0.3, 0.4) is 0 Å². The van der Waals surface area contributed by atoms with Crippen LogP contribution in [0.25, 0.3) is 10.8 Å². The van der Waals surface area contributed by atoms with Crippen LogP contribution < -0.4 is 4.74 Å². The Labute approximate surface area is 127 Å². The normalized spacial score (nSPS) is 10.6. The molecule has 4 heteroatoms. The van der Waals surface area contributed by atoms with Crippen LogP contribution in [0.1, 0.15) is 16.1 Å². The lowest BCUT2D eigenvalue weighted by Crippen LogP contribution is -2.09. The first kappa shape index (κ1) is 13.6. The van der Waals surface area contributed by atoms with E-state index in [2.05, 4.69) is 4.98 Å². The zero-order valence-corrected chi connectivity index (χ0v) is 12.1. The first-order chi connectivity index (χ1) is 10.1. The minimum atomic E-state index is -0.435. The number of aryl methyl sites for hydroxylation is 1. The number of hydrogen-bond donors (Lipinski definition) is 0. The maximum absolute atomic E-state index is 12.2. The number of fused-ring (bicyclic) bond motifs is 1. The van der Waals surface area contributed by atoms with Crippen molar-refractivity contribution in [3.63, 3.8) is 0 Å². The summed E-state index contributed by atoms with van der Waals surface area (Å²) in [5, 5.41) is 2.28. The Kier molecular flexibility index (Phi) is 3.59. The van der Waals surface area contributed by atoms with Gasteiger partial charge in [-0.05, 0) is 31.2 Å². The van der Waals surface area contributed by atoms with Crippen molar-refractivity contribution < 1.29 is 9.53 Å². The summed E-state index contributed by atoms with van der Waals surface area (Å²) in [6, 6.07) is 14.4. The Balaban J connectivity index is 1.97. The fourth-order valence-electron chi connectivity index (χ4n) is 2.07. The minimum Gasteiger partial charge on any atom is -0.422 e. The van der Waals surface area contributed by atoms with Crippen LogP contribution in [-0.2, 0) is 0 Å². The molecule has 0 N–H and O–H groups in total. The van der Waals surface area contributed by atoms with Crippen molar-refractivity contribution in [1.29, 1.82) is 0 Å². The molecule has 104 valence electrons. The second-order valence-electron chi connectivity index (χ2n) is 4.67. The first-order valence-corrected chi connectivity index (χ1v) is 6.85. The monoisotopic (exact) mass is 297 g/mol. The molecule has 0 bridgehead atoms. The van der Waals surface area contributed by atoms with Gasteiger partial charge in [-0.1, -0.05) is 35.9 Å². The molecule has 0 spiro atoms. The van der Waals surface area contributed by atoms with E-state index in [0.717, 1.165) is 16.5 Å². The number of aromatic nitrogens is 1. The third-order valence-corrected chi connectivity index (χ3v) is 3.51. The Morgan fingerprint density at radius 1 is 1.05 bits per heavy atom. The number of benzene rings is 2. The number of carbonyl (C=O) groups excluding carboxylic acids is 1. The molecule has 0 saturated carbocycles. The van der Waals surface area contributed by atoms with Crippen LogP contribution in [0.5, 0.6) is 5.75 Å². The average Bonchev–Trinajstić information content (AvgIpc) is 2.51. The van der Waals surface area contributed by atoms with Gasteiger partial charge in [0.05, 0.1) is 5.56 Å². The number of pyridine rings is 1. The molecule has 21 heavy (non-hydrogen) atoms.